The summed E-state index contributed by atoms with van der Waals surface area (Å²) in [6.45, 7) is 1.31. The van der Waals surface area contributed by atoms with Gasteiger partial charge < -0.3 is 10.6 Å². The van der Waals surface area contributed by atoms with E-state index in [1.165, 1.54) is 15.5 Å². The fourth-order valence-corrected chi connectivity index (χ4v) is 4.67. The van der Waals surface area contributed by atoms with Crippen LogP contribution in [-0.4, -0.2) is 44.3 Å². The molecule has 0 radical (unpaired) electrons. The SMILES string of the molecule is Cl.N[C@@H]1CCCN(c2nn3cnn(CC(=O)c4ccccc4)c(=O)c3c2Cc2ccccc2Cl)C1. The van der Waals surface area contributed by atoms with Gasteiger partial charge in [-0.1, -0.05) is 60.1 Å². The summed E-state index contributed by atoms with van der Waals surface area (Å²) in [5, 5.41) is 9.57. The van der Waals surface area contributed by atoms with Crippen LogP contribution >= 0.6 is 24.0 Å². The predicted molar refractivity (Wildman–Crippen MR) is 139 cm³/mol. The molecular formula is C25H26Cl2N6O2. The second-order valence-corrected chi connectivity index (χ2v) is 9.00. The van der Waals surface area contributed by atoms with Gasteiger partial charge in [-0.15, -0.1) is 17.5 Å². The van der Waals surface area contributed by atoms with E-state index in [0.717, 1.165) is 30.5 Å². The average molecular weight is 513 g/mol. The van der Waals surface area contributed by atoms with Gasteiger partial charge in [0.1, 0.15) is 18.4 Å². The standard InChI is InChI=1S/C25H25ClN6O2.ClH/c26-21-11-5-4-9-18(21)13-20-23-25(34)31(15-22(33)17-7-2-1-3-8-17)28-16-32(23)29-24(20)30-12-6-10-19(27)14-30;/h1-5,7-9,11,16,19H,6,10,12-15,27H2;1H/t19-;/m1./s1. The van der Waals surface area contributed by atoms with E-state index < -0.39 is 0 Å². The largest absolute Gasteiger partial charge is 0.353 e. The number of nitrogens with two attached hydrogens (primary N) is 1. The first-order valence-electron chi connectivity index (χ1n) is 11.3. The van der Waals surface area contributed by atoms with Crippen LogP contribution in [0.3, 0.4) is 0 Å². The van der Waals surface area contributed by atoms with Crippen molar-refractivity contribution in [1.82, 2.24) is 19.4 Å². The van der Waals surface area contributed by atoms with Crippen LogP contribution in [0.2, 0.25) is 5.02 Å². The monoisotopic (exact) mass is 512 g/mol. The van der Waals surface area contributed by atoms with Gasteiger partial charge in [-0.2, -0.15) is 5.10 Å². The highest BCUT2D eigenvalue weighted by Crippen LogP contribution is 2.29. The van der Waals surface area contributed by atoms with Crippen molar-refractivity contribution in [3.8, 4) is 0 Å². The number of halogens is 2. The number of anilines is 1. The van der Waals surface area contributed by atoms with Gasteiger partial charge in [0.2, 0.25) is 0 Å². The fourth-order valence-electron chi connectivity index (χ4n) is 4.47. The number of fused-ring (bicyclic) bond motifs is 1. The normalized spacial score (nSPS) is 15.7. The molecule has 0 aliphatic carbocycles. The number of carbonyl (C=O) groups is 1. The molecule has 1 saturated heterocycles. The van der Waals surface area contributed by atoms with Crippen LogP contribution in [0.5, 0.6) is 0 Å². The molecule has 4 aromatic rings. The molecule has 182 valence electrons. The Morgan fingerprint density at radius 2 is 1.86 bits per heavy atom. The highest BCUT2D eigenvalue weighted by atomic mass is 35.5. The Kier molecular flexibility index (Phi) is 7.54. The summed E-state index contributed by atoms with van der Waals surface area (Å²) in [4.78, 5) is 28.4. The maximum Gasteiger partial charge on any atom is 0.293 e. The van der Waals surface area contributed by atoms with E-state index in [1.54, 1.807) is 24.3 Å². The number of carbonyl (C=O) groups excluding carboxylic acids is 1. The lowest BCUT2D eigenvalue weighted by Crippen LogP contribution is -2.43. The Morgan fingerprint density at radius 3 is 2.60 bits per heavy atom. The first-order chi connectivity index (χ1) is 16.5. The van der Waals surface area contributed by atoms with Crippen LogP contribution in [0.4, 0.5) is 5.82 Å². The topological polar surface area (TPSA) is 98.5 Å². The number of aromatic nitrogens is 4. The van der Waals surface area contributed by atoms with Crippen LogP contribution in [0.1, 0.15) is 34.3 Å². The Hall–Kier alpha value is -3.20. The van der Waals surface area contributed by atoms with Crippen molar-refractivity contribution in [3.05, 3.63) is 93.0 Å². The molecule has 0 bridgehead atoms. The van der Waals surface area contributed by atoms with Crippen LogP contribution in [-0.2, 0) is 13.0 Å². The maximum absolute atomic E-state index is 13.6. The molecule has 2 aromatic carbocycles. The molecule has 2 N–H and O–H groups in total. The third kappa shape index (κ3) is 5.10. The molecule has 0 saturated carbocycles. The van der Waals surface area contributed by atoms with Gasteiger partial charge in [0.05, 0.1) is 0 Å². The van der Waals surface area contributed by atoms with Gasteiger partial charge in [-0.3, -0.25) is 9.59 Å². The lowest BCUT2D eigenvalue weighted by Gasteiger charge is -2.31. The number of piperidine rings is 1. The summed E-state index contributed by atoms with van der Waals surface area (Å²) < 4.78 is 2.71. The number of rotatable bonds is 6. The predicted octanol–water partition coefficient (Wildman–Crippen LogP) is 3.37. The summed E-state index contributed by atoms with van der Waals surface area (Å²) in [6, 6.07) is 16.5. The summed E-state index contributed by atoms with van der Waals surface area (Å²) in [6.07, 6.45) is 3.82. The molecule has 0 spiro atoms. The number of nitrogens with zero attached hydrogens (tertiary/aromatic N) is 5. The van der Waals surface area contributed by atoms with Crippen LogP contribution < -0.4 is 16.2 Å². The average Bonchev–Trinajstić information content (AvgIpc) is 3.22. The molecule has 35 heavy (non-hydrogen) atoms. The number of benzene rings is 2. The third-order valence-electron chi connectivity index (χ3n) is 6.20. The van der Waals surface area contributed by atoms with Crippen molar-refractivity contribution in [2.75, 3.05) is 18.0 Å². The quantitative estimate of drug-likeness (QED) is 0.397. The van der Waals surface area contributed by atoms with E-state index in [-0.39, 0.29) is 36.3 Å². The summed E-state index contributed by atoms with van der Waals surface area (Å²) in [5.41, 5.74) is 8.45. The minimum absolute atomic E-state index is 0. The van der Waals surface area contributed by atoms with E-state index in [0.29, 0.717) is 34.9 Å². The fraction of sp³-hybridized carbons (Fsp3) is 0.280. The Bertz CT molecular complexity index is 1400. The van der Waals surface area contributed by atoms with E-state index in [2.05, 4.69) is 10.00 Å². The second kappa shape index (κ2) is 10.6. The molecule has 1 atom stereocenters. The number of Topliss-reactive ketones (excluding diaryl/α,β-unsaturated/α-hetero) is 1. The van der Waals surface area contributed by atoms with Crippen molar-refractivity contribution in [2.24, 2.45) is 5.73 Å². The first kappa shape index (κ1) is 24.9. The van der Waals surface area contributed by atoms with Gasteiger partial charge in [-0.25, -0.2) is 9.20 Å². The maximum atomic E-state index is 13.6. The Balaban J connectivity index is 0.00000289. The van der Waals surface area contributed by atoms with E-state index in [4.69, 9.17) is 22.4 Å². The van der Waals surface area contributed by atoms with E-state index in [1.807, 2.05) is 30.3 Å². The summed E-state index contributed by atoms with van der Waals surface area (Å²) in [5.74, 6) is 0.523. The van der Waals surface area contributed by atoms with Crippen LogP contribution in [0.15, 0.2) is 65.7 Å². The van der Waals surface area contributed by atoms with E-state index >= 15 is 0 Å². The third-order valence-corrected chi connectivity index (χ3v) is 6.57. The van der Waals surface area contributed by atoms with Crippen molar-refractivity contribution < 1.29 is 4.79 Å². The molecule has 2 aromatic heterocycles. The molecule has 1 aliphatic heterocycles. The lowest BCUT2D eigenvalue weighted by atomic mass is 10.0. The van der Waals surface area contributed by atoms with Gasteiger partial charge in [0.25, 0.3) is 5.56 Å². The molecule has 1 fully saturated rings. The first-order valence-corrected chi connectivity index (χ1v) is 11.7. The minimum Gasteiger partial charge on any atom is -0.353 e. The molecule has 10 heteroatoms. The smallest absolute Gasteiger partial charge is 0.293 e. The number of ketones is 1. The zero-order valence-electron chi connectivity index (χ0n) is 19.0. The zero-order valence-corrected chi connectivity index (χ0v) is 20.6. The highest BCUT2D eigenvalue weighted by molar-refractivity contribution is 6.31. The van der Waals surface area contributed by atoms with Gasteiger partial charge >= 0.3 is 0 Å². The van der Waals surface area contributed by atoms with Crippen LogP contribution in [0, 0.1) is 0 Å². The van der Waals surface area contributed by atoms with Gasteiger partial charge in [-0.05, 0) is 24.5 Å². The minimum atomic E-state index is -0.367. The van der Waals surface area contributed by atoms with Gasteiger partial charge in [0, 0.05) is 41.7 Å². The van der Waals surface area contributed by atoms with Crippen molar-refractivity contribution >= 4 is 41.1 Å². The molecule has 8 nitrogen and oxygen atoms in total. The van der Waals surface area contributed by atoms with Crippen molar-refractivity contribution in [2.45, 2.75) is 31.8 Å². The van der Waals surface area contributed by atoms with Crippen molar-refractivity contribution in [3.63, 3.8) is 0 Å². The van der Waals surface area contributed by atoms with Crippen molar-refractivity contribution in [1.29, 1.82) is 0 Å². The second-order valence-electron chi connectivity index (χ2n) is 8.59. The highest BCUT2D eigenvalue weighted by Gasteiger charge is 2.26. The van der Waals surface area contributed by atoms with E-state index in [9.17, 15) is 9.59 Å². The molecular weight excluding hydrogens is 487 g/mol. The molecule has 0 unspecified atom stereocenters. The summed E-state index contributed by atoms with van der Waals surface area (Å²) >= 11 is 6.46. The zero-order chi connectivity index (χ0) is 23.7. The molecule has 5 rings (SSSR count). The lowest BCUT2D eigenvalue weighted by molar-refractivity contribution is 0.0965. The molecule has 0 amide bonds. The number of hydrogen-bond acceptors (Lipinski definition) is 6. The Morgan fingerprint density at radius 1 is 1.11 bits per heavy atom. The molecule has 1 aliphatic rings. The molecule has 3 heterocycles. The van der Waals surface area contributed by atoms with Crippen LogP contribution in [0.25, 0.3) is 5.52 Å². The van der Waals surface area contributed by atoms with Gasteiger partial charge in [0.15, 0.2) is 11.6 Å². The Labute approximate surface area is 213 Å². The number of hydrogen-bond donors (Lipinski definition) is 1. The summed E-state index contributed by atoms with van der Waals surface area (Å²) in [7, 11) is 0.